The summed E-state index contributed by atoms with van der Waals surface area (Å²) in [6.07, 6.45) is 4.23. The highest BCUT2D eigenvalue weighted by Crippen LogP contribution is 2.31. The van der Waals surface area contributed by atoms with Gasteiger partial charge in [-0.25, -0.2) is 15.0 Å². The van der Waals surface area contributed by atoms with E-state index in [1.165, 1.54) is 5.56 Å². The van der Waals surface area contributed by atoms with Crippen LogP contribution in [0.15, 0.2) is 48.9 Å². The Balaban J connectivity index is 1.56. The van der Waals surface area contributed by atoms with E-state index >= 15 is 0 Å². The summed E-state index contributed by atoms with van der Waals surface area (Å²) in [6, 6.07) is 12.3. The fourth-order valence-corrected chi connectivity index (χ4v) is 3.68. The number of rotatable bonds is 3. The number of nitrogens with one attached hydrogen (secondary N) is 1. The molecule has 0 unspecified atom stereocenters. The molecule has 0 bridgehead atoms. The van der Waals surface area contributed by atoms with Crippen LogP contribution in [0.1, 0.15) is 37.6 Å². The van der Waals surface area contributed by atoms with Gasteiger partial charge in [-0.15, -0.1) is 0 Å². The van der Waals surface area contributed by atoms with Crippen molar-refractivity contribution in [1.29, 1.82) is 0 Å². The maximum atomic E-state index is 6.32. The van der Waals surface area contributed by atoms with Gasteiger partial charge in [0.05, 0.1) is 17.3 Å². The molecule has 6 heteroatoms. The minimum atomic E-state index is 0.142. The molecule has 0 aliphatic carbocycles. The maximum absolute atomic E-state index is 6.32. The van der Waals surface area contributed by atoms with Crippen molar-refractivity contribution in [2.45, 2.75) is 39.2 Å². The first-order valence-corrected chi connectivity index (χ1v) is 9.85. The zero-order valence-electron chi connectivity index (χ0n) is 16.4. The first-order chi connectivity index (χ1) is 13.4. The lowest BCUT2D eigenvalue weighted by Crippen LogP contribution is -2.32. The molecule has 144 valence electrons. The summed E-state index contributed by atoms with van der Waals surface area (Å²) in [5.74, 6) is 1.68. The molecule has 1 N–H and O–H groups in total. The summed E-state index contributed by atoms with van der Waals surface area (Å²) >= 11 is 6.32. The van der Waals surface area contributed by atoms with Gasteiger partial charge in [0, 0.05) is 24.0 Å². The van der Waals surface area contributed by atoms with E-state index in [4.69, 9.17) is 11.6 Å². The van der Waals surface area contributed by atoms with Crippen LogP contribution in [-0.2, 0) is 18.4 Å². The van der Waals surface area contributed by atoms with Crippen molar-refractivity contribution in [2.75, 3.05) is 16.8 Å². The minimum Gasteiger partial charge on any atom is -0.349 e. The Morgan fingerprint density at radius 3 is 2.54 bits per heavy atom. The van der Waals surface area contributed by atoms with E-state index in [-0.39, 0.29) is 5.41 Å². The van der Waals surface area contributed by atoms with E-state index < -0.39 is 0 Å². The Hall–Kier alpha value is -2.66. The number of aromatic nitrogens is 3. The summed E-state index contributed by atoms with van der Waals surface area (Å²) in [6.45, 7) is 8.16. The molecule has 0 atom stereocenters. The molecule has 0 saturated heterocycles. The van der Waals surface area contributed by atoms with E-state index in [1.54, 1.807) is 12.5 Å². The molecule has 1 aromatic carbocycles. The largest absolute Gasteiger partial charge is 0.349 e. The molecule has 3 heterocycles. The van der Waals surface area contributed by atoms with Gasteiger partial charge in [0.15, 0.2) is 0 Å². The summed E-state index contributed by atoms with van der Waals surface area (Å²) in [7, 11) is 0. The molecule has 5 nitrogen and oxygen atoms in total. The summed E-state index contributed by atoms with van der Waals surface area (Å²) in [4.78, 5) is 15.6. The lowest BCUT2D eigenvalue weighted by atomic mass is 9.87. The number of fused-ring (bicyclic) bond motifs is 1. The fraction of sp³-hybridized carbons (Fsp3) is 0.318. The number of halogens is 1. The molecule has 0 saturated carbocycles. The predicted octanol–water partition coefficient (Wildman–Crippen LogP) is 5.13. The van der Waals surface area contributed by atoms with Gasteiger partial charge in [0.2, 0.25) is 0 Å². The second-order valence-corrected chi connectivity index (χ2v) is 8.49. The zero-order valence-corrected chi connectivity index (χ0v) is 17.2. The molecular weight excluding hydrogens is 370 g/mol. The number of hydrogen-bond donors (Lipinski definition) is 1. The molecule has 0 spiro atoms. The van der Waals surface area contributed by atoms with Gasteiger partial charge in [0.1, 0.15) is 18.0 Å². The monoisotopic (exact) mass is 393 g/mol. The number of hydrogen-bond acceptors (Lipinski definition) is 5. The average molecular weight is 394 g/mol. The van der Waals surface area contributed by atoms with Gasteiger partial charge in [-0.2, -0.15) is 0 Å². The highest BCUT2D eigenvalue weighted by molar-refractivity contribution is 6.32. The van der Waals surface area contributed by atoms with Crippen molar-refractivity contribution in [1.82, 2.24) is 15.0 Å². The zero-order chi connectivity index (χ0) is 19.7. The first kappa shape index (κ1) is 18.7. The standard InChI is InChI=1S/C22H24ClN5/c1-22(2,3)15-6-8-16(9-7-15)27-20-17-10-12-28(13-19(17)25-14-26-20)21-18(23)5-4-11-24-21/h4-9,11,14H,10,12-13H2,1-3H3,(H,25,26,27). The van der Waals surface area contributed by atoms with Crippen LogP contribution in [0.5, 0.6) is 0 Å². The van der Waals surface area contributed by atoms with Crippen LogP contribution in [0, 0.1) is 0 Å². The number of pyridine rings is 1. The molecule has 3 aromatic rings. The highest BCUT2D eigenvalue weighted by atomic mass is 35.5. The van der Waals surface area contributed by atoms with Gasteiger partial charge < -0.3 is 10.2 Å². The van der Waals surface area contributed by atoms with Crippen LogP contribution in [-0.4, -0.2) is 21.5 Å². The Morgan fingerprint density at radius 1 is 1.04 bits per heavy atom. The number of benzene rings is 1. The van der Waals surface area contributed by atoms with Gasteiger partial charge in [-0.3, -0.25) is 0 Å². The molecule has 2 aromatic heterocycles. The predicted molar refractivity (Wildman–Crippen MR) is 114 cm³/mol. The summed E-state index contributed by atoms with van der Waals surface area (Å²) in [5.41, 5.74) is 4.65. The van der Waals surface area contributed by atoms with E-state index in [2.05, 4.69) is 70.2 Å². The van der Waals surface area contributed by atoms with Crippen LogP contribution >= 0.6 is 11.6 Å². The quantitative estimate of drug-likeness (QED) is 0.668. The normalized spacial score (nSPS) is 13.9. The highest BCUT2D eigenvalue weighted by Gasteiger charge is 2.23. The Morgan fingerprint density at radius 2 is 1.82 bits per heavy atom. The molecule has 1 aliphatic rings. The number of anilines is 3. The van der Waals surface area contributed by atoms with Crippen molar-refractivity contribution in [2.24, 2.45) is 0 Å². The second-order valence-electron chi connectivity index (χ2n) is 8.08. The first-order valence-electron chi connectivity index (χ1n) is 9.47. The molecule has 28 heavy (non-hydrogen) atoms. The SMILES string of the molecule is CC(C)(C)c1ccc(Nc2ncnc3c2CCN(c2ncccc2Cl)C3)cc1. The van der Waals surface area contributed by atoms with Crippen LogP contribution in [0.3, 0.4) is 0 Å². The second kappa shape index (κ2) is 7.40. The molecule has 0 amide bonds. The van der Waals surface area contributed by atoms with Crippen molar-refractivity contribution < 1.29 is 0 Å². The molecule has 0 radical (unpaired) electrons. The average Bonchev–Trinajstić information content (AvgIpc) is 2.68. The topological polar surface area (TPSA) is 53.9 Å². The third-order valence-electron chi connectivity index (χ3n) is 5.06. The lowest BCUT2D eigenvalue weighted by Gasteiger charge is -2.30. The van der Waals surface area contributed by atoms with E-state index in [9.17, 15) is 0 Å². The van der Waals surface area contributed by atoms with Crippen molar-refractivity contribution in [3.63, 3.8) is 0 Å². The third-order valence-corrected chi connectivity index (χ3v) is 5.35. The molecular formula is C22H24ClN5. The van der Waals surface area contributed by atoms with Crippen molar-refractivity contribution in [3.05, 3.63) is 70.8 Å². The van der Waals surface area contributed by atoms with E-state index in [0.29, 0.717) is 11.6 Å². The Kier molecular flexibility index (Phi) is 4.94. The lowest BCUT2D eigenvalue weighted by molar-refractivity contribution is 0.590. The summed E-state index contributed by atoms with van der Waals surface area (Å²) in [5, 5.41) is 4.13. The van der Waals surface area contributed by atoms with Crippen molar-refractivity contribution in [3.8, 4) is 0 Å². The van der Waals surface area contributed by atoms with Crippen LogP contribution in [0.4, 0.5) is 17.3 Å². The van der Waals surface area contributed by atoms with Gasteiger partial charge in [0.25, 0.3) is 0 Å². The van der Waals surface area contributed by atoms with Crippen LogP contribution < -0.4 is 10.2 Å². The van der Waals surface area contributed by atoms with E-state index in [1.807, 2.05) is 12.1 Å². The Labute approximate surface area is 170 Å². The van der Waals surface area contributed by atoms with Crippen LogP contribution in [0.25, 0.3) is 0 Å². The van der Waals surface area contributed by atoms with Gasteiger partial charge in [-0.1, -0.05) is 44.5 Å². The van der Waals surface area contributed by atoms with Crippen LogP contribution in [0.2, 0.25) is 5.02 Å². The van der Waals surface area contributed by atoms with E-state index in [0.717, 1.165) is 41.5 Å². The maximum Gasteiger partial charge on any atom is 0.147 e. The molecule has 0 fully saturated rings. The Bertz CT molecular complexity index is 979. The van der Waals surface area contributed by atoms with Crippen molar-refractivity contribution >= 4 is 28.9 Å². The fourth-order valence-electron chi connectivity index (χ4n) is 3.44. The molecule has 1 aliphatic heterocycles. The van der Waals surface area contributed by atoms with Gasteiger partial charge in [-0.05, 0) is 41.7 Å². The molecule has 4 rings (SSSR count). The minimum absolute atomic E-state index is 0.142. The van der Waals surface area contributed by atoms with Gasteiger partial charge >= 0.3 is 0 Å². The smallest absolute Gasteiger partial charge is 0.147 e. The third kappa shape index (κ3) is 3.80. The number of nitrogens with zero attached hydrogens (tertiary/aromatic N) is 4. The summed E-state index contributed by atoms with van der Waals surface area (Å²) < 4.78 is 0.